The van der Waals surface area contributed by atoms with E-state index in [1.165, 1.54) is 11.3 Å². The first-order valence-corrected chi connectivity index (χ1v) is 11.3. The third-order valence-corrected chi connectivity index (χ3v) is 6.20. The zero-order valence-corrected chi connectivity index (χ0v) is 18.8. The molecule has 0 bridgehead atoms. The number of nitrogens with one attached hydrogen (secondary N) is 1. The first-order valence-electron chi connectivity index (χ1n) is 10.4. The molecule has 1 fully saturated rings. The summed E-state index contributed by atoms with van der Waals surface area (Å²) in [7, 11) is 1.55. The van der Waals surface area contributed by atoms with Crippen LogP contribution in [0, 0.1) is 6.92 Å². The number of amides is 2. The molecule has 4 rings (SSSR count). The zero-order chi connectivity index (χ0) is 22.5. The normalized spacial score (nSPS) is 16.3. The summed E-state index contributed by atoms with van der Waals surface area (Å²) in [5, 5.41) is 4.78. The van der Waals surface area contributed by atoms with Gasteiger partial charge in [-0.3, -0.25) is 9.59 Å². The van der Waals surface area contributed by atoms with Crippen molar-refractivity contribution in [1.29, 1.82) is 0 Å². The molecule has 0 saturated carbocycles. The lowest BCUT2D eigenvalue weighted by molar-refractivity contribution is 0.0833. The minimum atomic E-state index is -0.354. The van der Waals surface area contributed by atoms with Crippen LogP contribution in [0.1, 0.15) is 45.2 Å². The summed E-state index contributed by atoms with van der Waals surface area (Å²) in [6.45, 7) is 3.52. The van der Waals surface area contributed by atoms with Crippen molar-refractivity contribution in [2.75, 3.05) is 20.3 Å². The molecule has 1 aliphatic rings. The van der Waals surface area contributed by atoms with Gasteiger partial charge in [-0.05, 0) is 50.1 Å². The van der Waals surface area contributed by atoms with Gasteiger partial charge in [0.1, 0.15) is 11.5 Å². The van der Waals surface area contributed by atoms with Gasteiger partial charge in [-0.15, -0.1) is 11.3 Å². The number of aryl methyl sites for hydroxylation is 1. The van der Waals surface area contributed by atoms with E-state index in [9.17, 15) is 9.59 Å². The van der Waals surface area contributed by atoms with Crippen LogP contribution >= 0.6 is 11.3 Å². The van der Waals surface area contributed by atoms with E-state index in [1.807, 2.05) is 16.9 Å². The molecule has 3 heterocycles. The first-order chi connectivity index (χ1) is 15.5. The van der Waals surface area contributed by atoms with Crippen molar-refractivity contribution in [1.82, 2.24) is 9.88 Å². The minimum Gasteiger partial charge on any atom is -0.497 e. The van der Waals surface area contributed by atoms with Gasteiger partial charge in [0, 0.05) is 29.8 Å². The van der Waals surface area contributed by atoms with Crippen molar-refractivity contribution >= 4 is 23.2 Å². The molecular weight excluding hydrogens is 430 g/mol. The zero-order valence-electron chi connectivity index (χ0n) is 18.0. The van der Waals surface area contributed by atoms with Crippen molar-refractivity contribution in [3.63, 3.8) is 0 Å². The summed E-state index contributed by atoms with van der Waals surface area (Å²) in [5.41, 5.74) is 1.39. The second kappa shape index (κ2) is 9.97. The standard InChI is InChI=1S/C23H25N3O5S/c1-15-14-32-23(25-21(27)16-5-3-6-17(11-16)29-2)26(15)13-19-8-9-20(31-19)22(28)24-12-18-7-4-10-30-18/h3,5-6,8-9,11,14,18H,4,7,10,12-13H2,1-2H3,(H,24,28). The summed E-state index contributed by atoms with van der Waals surface area (Å²) in [6, 6.07) is 10.3. The Labute approximate surface area is 189 Å². The summed E-state index contributed by atoms with van der Waals surface area (Å²) in [6.07, 6.45) is 2.05. The molecule has 32 heavy (non-hydrogen) atoms. The molecule has 168 valence electrons. The Morgan fingerprint density at radius 2 is 2.19 bits per heavy atom. The molecule has 8 nitrogen and oxygen atoms in total. The fourth-order valence-electron chi connectivity index (χ4n) is 3.44. The summed E-state index contributed by atoms with van der Waals surface area (Å²) in [5.74, 6) is 0.827. The largest absolute Gasteiger partial charge is 0.497 e. The molecule has 0 spiro atoms. The van der Waals surface area contributed by atoms with E-state index < -0.39 is 0 Å². The fraction of sp³-hybridized carbons (Fsp3) is 0.348. The van der Waals surface area contributed by atoms with E-state index in [1.54, 1.807) is 43.5 Å². The molecule has 1 aliphatic heterocycles. The highest BCUT2D eigenvalue weighted by Crippen LogP contribution is 2.15. The van der Waals surface area contributed by atoms with Gasteiger partial charge in [0.05, 0.1) is 19.8 Å². The maximum absolute atomic E-state index is 12.7. The lowest BCUT2D eigenvalue weighted by atomic mass is 10.2. The SMILES string of the molecule is COc1cccc(C(=O)N=c2scc(C)n2Cc2ccc(C(=O)NCC3CCCO3)o2)c1. The Bertz CT molecular complexity index is 1170. The van der Waals surface area contributed by atoms with Crippen LogP contribution in [0.2, 0.25) is 0 Å². The number of thiazole rings is 1. The molecule has 3 aromatic rings. The number of rotatable bonds is 7. The van der Waals surface area contributed by atoms with Crippen LogP contribution in [0.3, 0.4) is 0 Å². The molecule has 9 heteroatoms. The number of hydrogen-bond acceptors (Lipinski definition) is 6. The number of hydrogen-bond donors (Lipinski definition) is 1. The second-order valence-electron chi connectivity index (χ2n) is 7.51. The monoisotopic (exact) mass is 455 g/mol. The van der Waals surface area contributed by atoms with Crippen LogP contribution in [-0.4, -0.2) is 42.7 Å². The number of carbonyl (C=O) groups is 2. The highest BCUT2D eigenvalue weighted by molar-refractivity contribution is 7.07. The number of aromatic nitrogens is 1. The van der Waals surface area contributed by atoms with Crippen molar-refractivity contribution in [3.8, 4) is 5.75 Å². The van der Waals surface area contributed by atoms with Gasteiger partial charge in [0.15, 0.2) is 10.6 Å². The number of nitrogens with zero attached hydrogens (tertiary/aromatic N) is 2. The van der Waals surface area contributed by atoms with E-state index in [4.69, 9.17) is 13.9 Å². The first kappa shape index (κ1) is 22.0. The van der Waals surface area contributed by atoms with Gasteiger partial charge in [0.2, 0.25) is 0 Å². The van der Waals surface area contributed by atoms with Crippen molar-refractivity contribution in [2.24, 2.45) is 4.99 Å². The van der Waals surface area contributed by atoms with Crippen LogP contribution in [0.25, 0.3) is 0 Å². The average molecular weight is 456 g/mol. The number of benzene rings is 1. The van der Waals surface area contributed by atoms with Crippen LogP contribution in [0.15, 0.2) is 51.2 Å². The van der Waals surface area contributed by atoms with Gasteiger partial charge in [-0.1, -0.05) is 6.07 Å². The topological polar surface area (TPSA) is 95.1 Å². The highest BCUT2D eigenvalue weighted by Gasteiger charge is 2.18. The van der Waals surface area contributed by atoms with E-state index in [-0.39, 0.29) is 23.7 Å². The molecule has 1 saturated heterocycles. The number of ether oxygens (including phenoxy) is 2. The summed E-state index contributed by atoms with van der Waals surface area (Å²) >= 11 is 1.37. The van der Waals surface area contributed by atoms with Gasteiger partial charge >= 0.3 is 0 Å². The number of methoxy groups -OCH3 is 1. The Kier molecular flexibility index (Phi) is 6.87. The molecule has 1 atom stereocenters. The highest BCUT2D eigenvalue weighted by atomic mass is 32.1. The van der Waals surface area contributed by atoms with Gasteiger partial charge in [-0.25, -0.2) is 0 Å². The van der Waals surface area contributed by atoms with Crippen molar-refractivity contribution in [3.05, 3.63) is 69.4 Å². The molecule has 0 aliphatic carbocycles. The van der Waals surface area contributed by atoms with Gasteiger partial charge in [0.25, 0.3) is 11.8 Å². The molecule has 1 aromatic carbocycles. The molecular formula is C23H25N3O5S. The summed E-state index contributed by atoms with van der Waals surface area (Å²) < 4.78 is 18.3. The summed E-state index contributed by atoms with van der Waals surface area (Å²) in [4.78, 5) is 29.9. The predicted octanol–water partition coefficient (Wildman–Crippen LogP) is 3.16. The predicted molar refractivity (Wildman–Crippen MR) is 119 cm³/mol. The van der Waals surface area contributed by atoms with E-state index in [0.29, 0.717) is 35.0 Å². The third kappa shape index (κ3) is 5.17. The maximum Gasteiger partial charge on any atom is 0.287 e. The van der Waals surface area contributed by atoms with Crippen LogP contribution in [0.4, 0.5) is 0 Å². The van der Waals surface area contributed by atoms with Crippen molar-refractivity contribution < 1.29 is 23.5 Å². The molecule has 0 radical (unpaired) electrons. The Morgan fingerprint density at radius 3 is 2.97 bits per heavy atom. The van der Waals surface area contributed by atoms with Crippen LogP contribution in [0.5, 0.6) is 5.75 Å². The molecule has 1 N–H and O–H groups in total. The Balaban J connectivity index is 1.47. The smallest absolute Gasteiger partial charge is 0.287 e. The molecule has 1 unspecified atom stereocenters. The van der Waals surface area contributed by atoms with Crippen LogP contribution in [-0.2, 0) is 11.3 Å². The Morgan fingerprint density at radius 1 is 1.31 bits per heavy atom. The maximum atomic E-state index is 12.7. The van der Waals surface area contributed by atoms with Gasteiger partial charge < -0.3 is 23.8 Å². The van der Waals surface area contributed by atoms with Crippen LogP contribution < -0.4 is 14.9 Å². The Hall–Kier alpha value is -3.17. The lowest BCUT2D eigenvalue weighted by Gasteiger charge is -2.09. The third-order valence-electron chi connectivity index (χ3n) is 5.22. The quantitative estimate of drug-likeness (QED) is 0.591. The number of carbonyl (C=O) groups excluding carboxylic acids is 2. The minimum absolute atomic E-state index is 0.0729. The van der Waals surface area contributed by atoms with E-state index in [2.05, 4.69) is 10.3 Å². The fourth-order valence-corrected chi connectivity index (χ4v) is 4.32. The second-order valence-corrected chi connectivity index (χ2v) is 8.34. The van der Waals surface area contributed by atoms with Crippen molar-refractivity contribution in [2.45, 2.75) is 32.4 Å². The molecule has 2 amide bonds. The average Bonchev–Trinajstić information content (AvgIpc) is 3.56. The van der Waals surface area contributed by atoms with Gasteiger partial charge in [-0.2, -0.15) is 4.99 Å². The lowest BCUT2D eigenvalue weighted by Crippen LogP contribution is -2.31. The molecule has 2 aromatic heterocycles. The van der Waals surface area contributed by atoms with E-state index in [0.717, 1.165) is 25.1 Å². The van der Waals surface area contributed by atoms with E-state index >= 15 is 0 Å². The number of furan rings is 1.